The molecule has 2 aromatic heterocycles. The molecule has 0 aromatic carbocycles. The largest absolute Gasteiger partial charge is 0.285 e. The molecule has 0 fully saturated rings. The molecule has 0 spiro atoms. The van der Waals surface area contributed by atoms with E-state index in [1.807, 2.05) is 6.92 Å². The van der Waals surface area contributed by atoms with Gasteiger partial charge in [0.25, 0.3) is 0 Å². The molecule has 2 aromatic rings. The van der Waals surface area contributed by atoms with Gasteiger partial charge in [0.2, 0.25) is 5.78 Å². The predicted molar refractivity (Wildman–Crippen MR) is 63.7 cm³/mol. The van der Waals surface area contributed by atoms with Crippen molar-refractivity contribution < 1.29 is 0 Å². The highest BCUT2D eigenvalue weighted by atomic mass is 15.1. The molecule has 3 heteroatoms. The second kappa shape index (κ2) is 3.58. The van der Waals surface area contributed by atoms with Crippen LogP contribution in [-0.2, 0) is 12.8 Å². The van der Waals surface area contributed by atoms with Gasteiger partial charge in [0.1, 0.15) is 0 Å². The highest BCUT2D eigenvalue weighted by Crippen LogP contribution is 2.22. The Morgan fingerprint density at radius 1 is 1.06 bits per heavy atom. The van der Waals surface area contributed by atoms with Crippen LogP contribution in [-0.4, -0.2) is 14.4 Å². The van der Waals surface area contributed by atoms with Crippen LogP contribution in [0.15, 0.2) is 6.07 Å². The van der Waals surface area contributed by atoms with Crippen LogP contribution < -0.4 is 0 Å². The monoisotopic (exact) mass is 215 g/mol. The lowest BCUT2D eigenvalue weighted by atomic mass is 10.2. The fraction of sp³-hybridized carbons (Fsp3) is 0.538. The van der Waals surface area contributed by atoms with Crippen LogP contribution in [0.5, 0.6) is 0 Å². The van der Waals surface area contributed by atoms with Crippen LogP contribution in [0.1, 0.15) is 42.0 Å². The molecule has 0 saturated heterocycles. The predicted octanol–water partition coefficient (Wildman–Crippen LogP) is 2.62. The van der Waals surface area contributed by atoms with Gasteiger partial charge in [0.15, 0.2) is 0 Å². The molecule has 3 rings (SSSR count). The Kier molecular flexibility index (Phi) is 2.20. The molecular formula is C13H17N3. The summed E-state index contributed by atoms with van der Waals surface area (Å²) in [7, 11) is 0. The summed E-state index contributed by atoms with van der Waals surface area (Å²) >= 11 is 0. The molecule has 0 radical (unpaired) electrons. The van der Waals surface area contributed by atoms with E-state index >= 15 is 0 Å². The SMILES string of the molecule is Cc1cc(C)n2c3c(nc2n1)CCCCC3. The molecule has 2 heterocycles. The number of hydrogen-bond acceptors (Lipinski definition) is 2. The number of aryl methyl sites for hydroxylation is 4. The molecule has 0 unspecified atom stereocenters. The van der Waals surface area contributed by atoms with Gasteiger partial charge in [-0.25, -0.2) is 9.97 Å². The first-order valence-electron chi connectivity index (χ1n) is 6.10. The lowest BCUT2D eigenvalue weighted by Gasteiger charge is -2.05. The summed E-state index contributed by atoms with van der Waals surface area (Å²) in [5.41, 5.74) is 5.00. The van der Waals surface area contributed by atoms with Crippen LogP contribution in [0, 0.1) is 13.8 Å². The summed E-state index contributed by atoms with van der Waals surface area (Å²) < 4.78 is 2.24. The number of fused-ring (bicyclic) bond motifs is 3. The second-order valence-electron chi connectivity index (χ2n) is 4.74. The summed E-state index contributed by atoms with van der Waals surface area (Å²) in [6.45, 7) is 4.18. The minimum atomic E-state index is 0.893. The normalized spacial score (nSPS) is 16.1. The Hall–Kier alpha value is -1.38. The molecule has 1 aliphatic carbocycles. The topological polar surface area (TPSA) is 30.2 Å². The Balaban J connectivity index is 2.29. The summed E-state index contributed by atoms with van der Waals surface area (Å²) in [5.74, 6) is 0.893. The van der Waals surface area contributed by atoms with Crippen molar-refractivity contribution in [2.75, 3.05) is 0 Å². The Morgan fingerprint density at radius 2 is 1.88 bits per heavy atom. The number of nitrogens with zero attached hydrogens (tertiary/aromatic N) is 3. The van der Waals surface area contributed by atoms with Gasteiger partial charge in [0, 0.05) is 17.1 Å². The minimum Gasteiger partial charge on any atom is -0.285 e. The standard InChI is InChI=1S/C13H17N3/c1-9-8-10(2)16-12-7-5-3-4-6-11(12)15-13(16)14-9/h8H,3-7H2,1-2H3. The maximum absolute atomic E-state index is 4.69. The highest BCUT2D eigenvalue weighted by Gasteiger charge is 2.16. The van der Waals surface area contributed by atoms with Gasteiger partial charge in [-0.2, -0.15) is 0 Å². The molecule has 16 heavy (non-hydrogen) atoms. The van der Waals surface area contributed by atoms with Crippen LogP contribution in [0.25, 0.3) is 5.78 Å². The third-order valence-corrected chi connectivity index (χ3v) is 3.41. The first-order chi connectivity index (χ1) is 7.75. The minimum absolute atomic E-state index is 0.893. The van der Waals surface area contributed by atoms with E-state index in [1.165, 1.54) is 36.3 Å². The van der Waals surface area contributed by atoms with E-state index in [9.17, 15) is 0 Å². The number of hydrogen-bond donors (Lipinski definition) is 0. The highest BCUT2D eigenvalue weighted by molar-refractivity contribution is 5.39. The van der Waals surface area contributed by atoms with Crippen molar-refractivity contribution in [2.24, 2.45) is 0 Å². The number of rotatable bonds is 0. The molecule has 3 nitrogen and oxygen atoms in total. The third kappa shape index (κ3) is 1.42. The van der Waals surface area contributed by atoms with E-state index in [-0.39, 0.29) is 0 Å². The fourth-order valence-corrected chi connectivity index (χ4v) is 2.71. The first kappa shape index (κ1) is 9.82. The van der Waals surface area contributed by atoms with Crippen LogP contribution >= 0.6 is 0 Å². The fourth-order valence-electron chi connectivity index (χ4n) is 2.71. The van der Waals surface area contributed by atoms with Crippen molar-refractivity contribution in [1.29, 1.82) is 0 Å². The van der Waals surface area contributed by atoms with Gasteiger partial charge in [0.05, 0.1) is 5.69 Å². The van der Waals surface area contributed by atoms with E-state index < -0.39 is 0 Å². The molecule has 0 amide bonds. The van der Waals surface area contributed by atoms with Gasteiger partial charge in [-0.05, 0) is 45.6 Å². The smallest absolute Gasteiger partial charge is 0.234 e. The van der Waals surface area contributed by atoms with Crippen molar-refractivity contribution >= 4 is 5.78 Å². The molecule has 84 valence electrons. The maximum Gasteiger partial charge on any atom is 0.234 e. The zero-order valence-corrected chi connectivity index (χ0v) is 9.95. The maximum atomic E-state index is 4.69. The van der Waals surface area contributed by atoms with Crippen molar-refractivity contribution in [3.63, 3.8) is 0 Å². The van der Waals surface area contributed by atoms with Crippen molar-refractivity contribution in [3.05, 3.63) is 28.8 Å². The van der Waals surface area contributed by atoms with Crippen LogP contribution in [0.4, 0.5) is 0 Å². The van der Waals surface area contributed by atoms with Gasteiger partial charge in [-0.15, -0.1) is 0 Å². The van der Waals surface area contributed by atoms with E-state index in [0.717, 1.165) is 24.3 Å². The van der Waals surface area contributed by atoms with Crippen molar-refractivity contribution in [3.8, 4) is 0 Å². The average Bonchev–Trinajstić information content (AvgIpc) is 2.42. The molecular weight excluding hydrogens is 198 g/mol. The number of aromatic nitrogens is 3. The molecule has 0 saturated carbocycles. The Morgan fingerprint density at radius 3 is 2.75 bits per heavy atom. The Labute approximate surface area is 95.5 Å². The first-order valence-corrected chi connectivity index (χ1v) is 6.10. The van der Waals surface area contributed by atoms with Crippen LogP contribution in [0.2, 0.25) is 0 Å². The summed E-state index contributed by atoms with van der Waals surface area (Å²) in [6.07, 6.45) is 6.17. The van der Waals surface area contributed by atoms with E-state index in [0.29, 0.717) is 0 Å². The lowest BCUT2D eigenvalue weighted by Crippen LogP contribution is -2.00. The quantitative estimate of drug-likeness (QED) is 0.632. The Bertz CT molecular complexity index is 540. The second-order valence-corrected chi connectivity index (χ2v) is 4.74. The van der Waals surface area contributed by atoms with E-state index in [4.69, 9.17) is 0 Å². The van der Waals surface area contributed by atoms with Crippen molar-refractivity contribution in [1.82, 2.24) is 14.4 Å². The number of imidazole rings is 1. The molecule has 1 aliphatic rings. The lowest BCUT2D eigenvalue weighted by molar-refractivity contribution is 0.699. The molecule has 0 aliphatic heterocycles. The van der Waals surface area contributed by atoms with E-state index in [1.54, 1.807) is 0 Å². The molecule has 0 atom stereocenters. The summed E-state index contributed by atoms with van der Waals surface area (Å²) in [5, 5.41) is 0. The average molecular weight is 215 g/mol. The summed E-state index contributed by atoms with van der Waals surface area (Å²) in [6, 6.07) is 2.14. The van der Waals surface area contributed by atoms with Crippen molar-refractivity contribution in [2.45, 2.75) is 46.0 Å². The summed E-state index contributed by atoms with van der Waals surface area (Å²) in [4.78, 5) is 9.21. The van der Waals surface area contributed by atoms with Gasteiger partial charge in [-0.3, -0.25) is 4.40 Å². The van der Waals surface area contributed by atoms with Crippen LogP contribution in [0.3, 0.4) is 0 Å². The molecule has 0 bridgehead atoms. The third-order valence-electron chi connectivity index (χ3n) is 3.41. The van der Waals surface area contributed by atoms with Gasteiger partial charge in [-0.1, -0.05) is 6.42 Å². The molecule has 0 N–H and O–H groups in total. The zero-order valence-electron chi connectivity index (χ0n) is 9.95. The van der Waals surface area contributed by atoms with Gasteiger partial charge < -0.3 is 0 Å². The van der Waals surface area contributed by atoms with E-state index in [2.05, 4.69) is 27.4 Å². The zero-order chi connectivity index (χ0) is 11.1. The van der Waals surface area contributed by atoms with Gasteiger partial charge >= 0.3 is 0 Å².